The zero-order valence-electron chi connectivity index (χ0n) is 9.47. The summed E-state index contributed by atoms with van der Waals surface area (Å²) in [7, 11) is 0. The van der Waals surface area contributed by atoms with Crippen LogP contribution in [0.15, 0.2) is 29.4 Å². The smallest absolute Gasteiger partial charge is 0.253 e. The molecule has 0 aromatic heterocycles. The lowest BCUT2D eigenvalue weighted by atomic mass is 10.1. The number of hydrogen-bond donors (Lipinski definition) is 1. The van der Waals surface area contributed by atoms with Crippen LogP contribution >= 0.6 is 0 Å². The number of benzene rings is 1. The first-order valence-electron chi connectivity index (χ1n) is 5.34. The van der Waals surface area contributed by atoms with Crippen molar-refractivity contribution in [1.82, 2.24) is 0 Å². The van der Waals surface area contributed by atoms with Crippen molar-refractivity contribution < 1.29 is 4.79 Å². The quantitative estimate of drug-likeness (QED) is 0.770. The maximum Gasteiger partial charge on any atom is 0.253 e. The molecular formula is C12H15N3O. The molecule has 0 aliphatic carbocycles. The van der Waals surface area contributed by atoms with Gasteiger partial charge in [0, 0.05) is 5.69 Å². The molecule has 0 saturated carbocycles. The van der Waals surface area contributed by atoms with E-state index in [1.807, 2.05) is 26.0 Å². The second-order valence-corrected chi connectivity index (χ2v) is 4.22. The van der Waals surface area contributed by atoms with E-state index in [1.165, 1.54) is 5.01 Å². The minimum absolute atomic E-state index is 0.00861. The van der Waals surface area contributed by atoms with Crippen molar-refractivity contribution in [2.45, 2.75) is 20.3 Å². The van der Waals surface area contributed by atoms with Crippen LogP contribution in [0.5, 0.6) is 0 Å². The maximum atomic E-state index is 11.8. The van der Waals surface area contributed by atoms with Gasteiger partial charge < -0.3 is 5.73 Å². The summed E-state index contributed by atoms with van der Waals surface area (Å²) in [5.41, 5.74) is 7.98. The predicted octanol–water partition coefficient (Wildman–Crippen LogP) is 2.02. The van der Waals surface area contributed by atoms with Gasteiger partial charge in [-0.25, -0.2) is 5.01 Å². The van der Waals surface area contributed by atoms with Gasteiger partial charge in [-0.15, -0.1) is 0 Å². The molecular weight excluding hydrogens is 202 g/mol. The Morgan fingerprint density at radius 2 is 2.19 bits per heavy atom. The highest BCUT2D eigenvalue weighted by Crippen LogP contribution is 2.24. The monoisotopic (exact) mass is 217 g/mol. The minimum atomic E-state index is 0.00861. The van der Waals surface area contributed by atoms with E-state index in [9.17, 15) is 4.79 Å². The Labute approximate surface area is 94.7 Å². The minimum Gasteiger partial charge on any atom is -0.399 e. The number of nitrogens with two attached hydrogens (primary N) is 1. The summed E-state index contributed by atoms with van der Waals surface area (Å²) in [6.07, 6.45) is 0.409. The molecule has 84 valence electrons. The normalized spacial score (nSPS) is 15.8. The van der Waals surface area contributed by atoms with E-state index < -0.39 is 0 Å². The second-order valence-electron chi connectivity index (χ2n) is 4.22. The molecule has 4 nitrogen and oxygen atoms in total. The molecule has 0 radical (unpaired) electrons. The third-order valence-electron chi connectivity index (χ3n) is 2.58. The molecule has 0 saturated heterocycles. The van der Waals surface area contributed by atoms with Crippen LogP contribution in [-0.4, -0.2) is 11.6 Å². The van der Waals surface area contributed by atoms with Crippen LogP contribution in [0.1, 0.15) is 20.3 Å². The van der Waals surface area contributed by atoms with Gasteiger partial charge in [-0.2, -0.15) is 5.10 Å². The van der Waals surface area contributed by atoms with Gasteiger partial charge >= 0.3 is 0 Å². The lowest BCUT2D eigenvalue weighted by Crippen LogP contribution is -2.19. The number of amides is 1. The fraction of sp³-hybridized carbons (Fsp3) is 0.333. The van der Waals surface area contributed by atoms with Crippen molar-refractivity contribution >= 4 is 23.0 Å². The molecule has 4 heteroatoms. The maximum absolute atomic E-state index is 11.8. The highest BCUT2D eigenvalue weighted by Gasteiger charge is 2.26. The molecule has 0 spiro atoms. The summed E-state index contributed by atoms with van der Waals surface area (Å²) >= 11 is 0. The Morgan fingerprint density at radius 3 is 2.75 bits per heavy atom. The first-order valence-corrected chi connectivity index (χ1v) is 5.34. The Morgan fingerprint density at radius 1 is 1.44 bits per heavy atom. The Balaban J connectivity index is 2.31. The van der Waals surface area contributed by atoms with Crippen molar-refractivity contribution in [3.05, 3.63) is 24.3 Å². The summed E-state index contributed by atoms with van der Waals surface area (Å²) in [6.45, 7) is 4.07. The number of anilines is 2. The number of nitrogen functional groups attached to an aromatic ring is 1. The standard InChI is InChI=1S/C12H15N3O/c1-8(2)11-7-12(16)15(14-11)10-5-3-4-9(13)6-10/h3-6,8H,7,13H2,1-2H3. The molecule has 1 heterocycles. The molecule has 1 aromatic carbocycles. The highest BCUT2D eigenvalue weighted by molar-refractivity contribution is 6.13. The van der Waals surface area contributed by atoms with Crippen molar-refractivity contribution in [2.24, 2.45) is 11.0 Å². The fourth-order valence-electron chi connectivity index (χ4n) is 1.63. The summed E-state index contributed by atoms with van der Waals surface area (Å²) in [6, 6.07) is 7.20. The summed E-state index contributed by atoms with van der Waals surface area (Å²) in [4.78, 5) is 11.8. The van der Waals surface area contributed by atoms with E-state index in [0.717, 1.165) is 11.4 Å². The van der Waals surface area contributed by atoms with Crippen LogP contribution in [0, 0.1) is 5.92 Å². The van der Waals surface area contributed by atoms with Gasteiger partial charge in [0.05, 0.1) is 17.8 Å². The van der Waals surface area contributed by atoms with E-state index in [-0.39, 0.29) is 5.91 Å². The van der Waals surface area contributed by atoms with Gasteiger partial charge in [-0.1, -0.05) is 19.9 Å². The Hall–Kier alpha value is -1.84. The number of rotatable bonds is 2. The van der Waals surface area contributed by atoms with Crippen LogP contribution in [0.25, 0.3) is 0 Å². The highest BCUT2D eigenvalue weighted by atomic mass is 16.2. The van der Waals surface area contributed by atoms with Crippen LogP contribution in [0.3, 0.4) is 0 Å². The summed E-state index contributed by atoms with van der Waals surface area (Å²) in [5, 5.41) is 5.76. The molecule has 16 heavy (non-hydrogen) atoms. The van der Waals surface area contributed by atoms with Gasteiger partial charge in [0.2, 0.25) is 0 Å². The molecule has 0 fully saturated rings. The van der Waals surface area contributed by atoms with Crippen molar-refractivity contribution in [3.63, 3.8) is 0 Å². The first-order chi connectivity index (χ1) is 7.58. The van der Waals surface area contributed by atoms with E-state index >= 15 is 0 Å². The molecule has 1 aliphatic heterocycles. The third kappa shape index (κ3) is 1.91. The van der Waals surface area contributed by atoms with Crippen LogP contribution in [-0.2, 0) is 4.79 Å². The molecule has 1 amide bonds. The van der Waals surface area contributed by atoms with Crippen molar-refractivity contribution in [2.75, 3.05) is 10.7 Å². The SMILES string of the molecule is CC(C)C1=NN(c2cccc(N)c2)C(=O)C1. The molecule has 0 unspecified atom stereocenters. The number of hydrogen-bond acceptors (Lipinski definition) is 3. The molecule has 1 aromatic rings. The third-order valence-corrected chi connectivity index (χ3v) is 2.58. The number of carbonyl (C=O) groups excluding carboxylic acids is 1. The second kappa shape index (κ2) is 3.96. The van der Waals surface area contributed by atoms with Crippen LogP contribution < -0.4 is 10.7 Å². The number of nitrogens with zero attached hydrogens (tertiary/aromatic N) is 2. The lowest BCUT2D eigenvalue weighted by molar-refractivity contribution is -0.116. The van der Waals surface area contributed by atoms with Gasteiger partial charge in [0.15, 0.2) is 0 Å². The number of hydrazone groups is 1. The fourth-order valence-corrected chi connectivity index (χ4v) is 1.63. The molecule has 0 atom stereocenters. The Bertz CT molecular complexity index is 451. The first kappa shape index (κ1) is 10.7. The predicted molar refractivity (Wildman–Crippen MR) is 65.2 cm³/mol. The van der Waals surface area contributed by atoms with Crippen LogP contribution in [0.2, 0.25) is 0 Å². The van der Waals surface area contributed by atoms with Crippen molar-refractivity contribution in [3.8, 4) is 0 Å². The molecule has 2 N–H and O–H groups in total. The van der Waals surface area contributed by atoms with Gasteiger partial charge in [0.1, 0.15) is 0 Å². The molecule has 1 aliphatic rings. The van der Waals surface area contributed by atoms with E-state index in [1.54, 1.807) is 12.1 Å². The number of carbonyl (C=O) groups is 1. The van der Waals surface area contributed by atoms with Crippen molar-refractivity contribution in [1.29, 1.82) is 0 Å². The van der Waals surface area contributed by atoms with Gasteiger partial charge in [-0.3, -0.25) is 4.79 Å². The summed E-state index contributed by atoms with van der Waals surface area (Å²) < 4.78 is 0. The zero-order valence-corrected chi connectivity index (χ0v) is 9.47. The average molecular weight is 217 g/mol. The largest absolute Gasteiger partial charge is 0.399 e. The van der Waals surface area contributed by atoms with Crippen LogP contribution in [0.4, 0.5) is 11.4 Å². The van der Waals surface area contributed by atoms with Gasteiger partial charge in [-0.05, 0) is 24.1 Å². The topological polar surface area (TPSA) is 58.7 Å². The average Bonchev–Trinajstić information content (AvgIpc) is 2.60. The van der Waals surface area contributed by atoms with E-state index in [0.29, 0.717) is 18.0 Å². The molecule has 2 rings (SSSR count). The summed E-state index contributed by atoms with van der Waals surface area (Å²) in [5.74, 6) is 0.310. The van der Waals surface area contributed by atoms with E-state index in [4.69, 9.17) is 5.73 Å². The van der Waals surface area contributed by atoms with Gasteiger partial charge in [0.25, 0.3) is 5.91 Å². The Kier molecular flexibility index (Phi) is 2.64. The van der Waals surface area contributed by atoms with E-state index in [2.05, 4.69) is 5.10 Å². The zero-order chi connectivity index (χ0) is 11.7. The lowest BCUT2D eigenvalue weighted by Gasteiger charge is -2.11. The molecule has 0 bridgehead atoms.